The highest BCUT2D eigenvalue weighted by atomic mass is 28.4. The maximum absolute atomic E-state index is 9.06. The van der Waals surface area contributed by atoms with Crippen LogP contribution in [0.2, 0.25) is 0 Å². The van der Waals surface area contributed by atoms with Crippen molar-refractivity contribution in [3.63, 3.8) is 0 Å². The summed E-state index contributed by atoms with van der Waals surface area (Å²) >= 11 is 0. The van der Waals surface area contributed by atoms with Gasteiger partial charge in [0.2, 0.25) is 0 Å². The van der Waals surface area contributed by atoms with Crippen molar-refractivity contribution in [2.24, 2.45) is 0 Å². The molecular formula is C13H24O5Si. The highest BCUT2D eigenvalue weighted by Gasteiger charge is 2.39. The van der Waals surface area contributed by atoms with Crippen LogP contribution in [0.25, 0.3) is 0 Å². The Bertz CT molecular complexity index is 290. The second kappa shape index (κ2) is 11.0. The summed E-state index contributed by atoms with van der Waals surface area (Å²) in [5.74, 6) is 0.322. The maximum atomic E-state index is 9.06. The number of aliphatic hydroxyl groups excluding tert-OH is 1. The summed E-state index contributed by atoms with van der Waals surface area (Å²) in [6, 6.07) is 8.71. The van der Waals surface area contributed by atoms with Crippen LogP contribution < -0.4 is 0 Å². The lowest BCUT2D eigenvalue weighted by Gasteiger charge is -2.25. The summed E-state index contributed by atoms with van der Waals surface area (Å²) < 4.78 is 15.9. The van der Waals surface area contributed by atoms with Crippen molar-refractivity contribution < 1.29 is 23.5 Å². The van der Waals surface area contributed by atoms with Gasteiger partial charge in [0, 0.05) is 19.8 Å². The number of para-hydroxylation sites is 1. The van der Waals surface area contributed by atoms with E-state index in [1.807, 2.05) is 26.8 Å². The predicted molar refractivity (Wildman–Crippen MR) is 75.8 cm³/mol. The molecule has 2 N–H and O–H groups in total. The molecule has 0 aliphatic rings. The number of benzene rings is 1. The van der Waals surface area contributed by atoms with Crippen molar-refractivity contribution >= 4 is 8.80 Å². The number of aromatic hydroxyl groups is 1. The molecule has 0 saturated heterocycles. The number of hydrogen-bond acceptors (Lipinski definition) is 5. The van der Waals surface area contributed by atoms with Gasteiger partial charge in [-0.15, -0.1) is 0 Å². The lowest BCUT2D eigenvalue weighted by Crippen LogP contribution is -2.50. The normalized spacial score (nSPS) is 10.7. The fourth-order valence-corrected chi connectivity index (χ4v) is 3.19. The summed E-state index contributed by atoms with van der Waals surface area (Å²) in [6.07, 6.45) is -0.150. The van der Waals surface area contributed by atoms with Crippen LogP contribution in [0.5, 0.6) is 5.75 Å². The van der Waals surface area contributed by atoms with E-state index in [0.717, 1.165) is 0 Å². The van der Waals surface area contributed by atoms with E-state index in [9.17, 15) is 0 Å². The molecule has 1 rings (SSSR count). The molecule has 1 aromatic rings. The Morgan fingerprint density at radius 1 is 0.895 bits per heavy atom. The molecule has 0 aliphatic carbocycles. The average molecular weight is 288 g/mol. The number of rotatable bonds is 7. The van der Waals surface area contributed by atoms with E-state index in [4.69, 9.17) is 23.5 Å². The van der Waals surface area contributed by atoms with Crippen molar-refractivity contribution in [2.75, 3.05) is 26.1 Å². The Labute approximate surface area is 116 Å². The van der Waals surface area contributed by atoms with Gasteiger partial charge in [-0.1, -0.05) is 18.2 Å². The van der Waals surface area contributed by atoms with Gasteiger partial charge in [-0.05, 0) is 32.9 Å². The van der Waals surface area contributed by atoms with Gasteiger partial charge in [-0.2, -0.15) is 0 Å². The molecule has 0 heterocycles. The van der Waals surface area contributed by atoms with Crippen LogP contribution in [0.15, 0.2) is 30.3 Å². The Balaban J connectivity index is 0.000000388. The zero-order valence-corrected chi connectivity index (χ0v) is 12.8. The summed E-state index contributed by atoms with van der Waals surface area (Å²) in [6.45, 7) is 7.09. The molecule has 0 bridgehead atoms. The van der Waals surface area contributed by atoms with Crippen LogP contribution in [0.4, 0.5) is 0 Å². The summed E-state index contributed by atoms with van der Waals surface area (Å²) in [5, 5.41) is 17.7. The number of hydrogen-bond donors (Lipinski definition) is 2. The van der Waals surface area contributed by atoms with Gasteiger partial charge in [0.05, 0.1) is 0 Å². The predicted octanol–water partition coefficient (Wildman–Crippen LogP) is 1.96. The molecule has 0 amide bonds. The molecule has 0 aliphatic heterocycles. The van der Waals surface area contributed by atoms with E-state index in [-0.39, 0.29) is 6.23 Å². The molecule has 0 fully saturated rings. The fourth-order valence-electron chi connectivity index (χ4n) is 1.35. The first-order valence-electron chi connectivity index (χ1n) is 6.40. The second-order valence-corrected chi connectivity index (χ2v) is 6.02. The molecule has 5 nitrogen and oxygen atoms in total. The van der Waals surface area contributed by atoms with Crippen molar-refractivity contribution in [1.82, 2.24) is 0 Å². The molecule has 0 radical (unpaired) electrons. The number of phenolic OH excluding ortho intramolecular Hbond substituents is 1. The standard InChI is InChI=1S/C7H18O4Si.C6H6O/c1-4-9-12(7-8,10-5-2)11-6-3;7-6-4-2-1-3-5-6/h8H,4-7H2,1-3H3;1-5,7H. The first kappa shape index (κ1) is 18.1. The van der Waals surface area contributed by atoms with Crippen LogP contribution in [0.3, 0.4) is 0 Å². The van der Waals surface area contributed by atoms with Gasteiger partial charge in [-0.25, -0.2) is 0 Å². The molecule has 1 aromatic carbocycles. The fraction of sp³-hybridized carbons (Fsp3) is 0.538. The van der Waals surface area contributed by atoms with Gasteiger partial charge >= 0.3 is 8.80 Å². The minimum absolute atomic E-state index is 0.150. The Morgan fingerprint density at radius 2 is 1.32 bits per heavy atom. The molecule has 0 saturated carbocycles. The zero-order chi connectivity index (χ0) is 14.6. The van der Waals surface area contributed by atoms with Gasteiger partial charge in [0.15, 0.2) is 0 Å². The van der Waals surface area contributed by atoms with Crippen LogP contribution in [-0.2, 0) is 13.3 Å². The minimum Gasteiger partial charge on any atom is -0.508 e. The van der Waals surface area contributed by atoms with Crippen molar-refractivity contribution in [3.8, 4) is 5.75 Å². The smallest absolute Gasteiger partial charge is 0.508 e. The topological polar surface area (TPSA) is 68.2 Å². The molecule has 0 spiro atoms. The lowest BCUT2D eigenvalue weighted by molar-refractivity contribution is 0.0504. The number of phenols is 1. The number of aliphatic hydroxyl groups is 1. The lowest BCUT2D eigenvalue weighted by atomic mass is 10.3. The van der Waals surface area contributed by atoms with Crippen molar-refractivity contribution in [3.05, 3.63) is 30.3 Å². The molecule has 6 heteroatoms. The second-order valence-electron chi connectivity index (χ2n) is 3.48. The molecule has 0 aromatic heterocycles. The summed E-state index contributed by atoms with van der Waals surface area (Å²) in [4.78, 5) is 0. The first-order chi connectivity index (χ1) is 9.14. The third-order valence-corrected chi connectivity index (χ3v) is 4.62. The van der Waals surface area contributed by atoms with Crippen molar-refractivity contribution in [1.29, 1.82) is 0 Å². The first-order valence-corrected chi connectivity index (χ1v) is 8.34. The average Bonchev–Trinajstić information content (AvgIpc) is 2.41. The summed E-state index contributed by atoms with van der Waals surface area (Å²) in [7, 11) is -2.71. The van der Waals surface area contributed by atoms with Crippen molar-refractivity contribution in [2.45, 2.75) is 20.8 Å². The van der Waals surface area contributed by atoms with Crippen LogP contribution in [0.1, 0.15) is 20.8 Å². The van der Waals surface area contributed by atoms with Crippen LogP contribution >= 0.6 is 0 Å². The van der Waals surface area contributed by atoms with E-state index >= 15 is 0 Å². The molecule has 19 heavy (non-hydrogen) atoms. The quantitative estimate of drug-likeness (QED) is 0.751. The monoisotopic (exact) mass is 288 g/mol. The molecule has 0 atom stereocenters. The Kier molecular flexibility index (Phi) is 10.4. The zero-order valence-electron chi connectivity index (χ0n) is 11.8. The molecular weight excluding hydrogens is 264 g/mol. The largest absolute Gasteiger partial charge is 0.527 e. The molecule has 0 unspecified atom stereocenters. The van der Waals surface area contributed by atoms with Gasteiger partial charge < -0.3 is 23.5 Å². The van der Waals surface area contributed by atoms with E-state index in [0.29, 0.717) is 25.6 Å². The minimum atomic E-state index is -2.71. The highest BCUT2D eigenvalue weighted by molar-refractivity contribution is 6.60. The van der Waals surface area contributed by atoms with E-state index in [2.05, 4.69) is 0 Å². The van der Waals surface area contributed by atoms with Gasteiger partial charge in [0.25, 0.3) is 0 Å². The van der Waals surface area contributed by atoms with Gasteiger partial charge in [-0.3, -0.25) is 0 Å². The van der Waals surface area contributed by atoms with Gasteiger partial charge in [0.1, 0.15) is 12.0 Å². The molecule has 110 valence electrons. The third kappa shape index (κ3) is 7.96. The summed E-state index contributed by atoms with van der Waals surface area (Å²) in [5.41, 5.74) is 0. The highest BCUT2D eigenvalue weighted by Crippen LogP contribution is 2.08. The van der Waals surface area contributed by atoms with E-state index in [1.54, 1.807) is 24.3 Å². The Morgan fingerprint density at radius 3 is 1.53 bits per heavy atom. The van der Waals surface area contributed by atoms with E-state index < -0.39 is 8.80 Å². The maximum Gasteiger partial charge on any atom is 0.527 e. The van der Waals surface area contributed by atoms with Crippen LogP contribution in [-0.4, -0.2) is 45.1 Å². The SMILES string of the molecule is CCO[Si](CO)(OCC)OCC.Oc1ccccc1. The Hall–Kier alpha value is -0.923. The third-order valence-electron chi connectivity index (χ3n) is 2.04. The van der Waals surface area contributed by atoms with Crippen LogP contribution in [0, 0.1) is 0 Å². The van der Waals surface area contributed by atoms with E-state index in [1.165, 1.54) is 0 Å².